The molecule has 0 bridgehead atoms. The van der Waals surface area contributed by atoms with E-state index in [1.54, 1.807) is 0 Å². The van der Waals surface area contributed by atoms with E-state index in [1.165, 1.54) is 4.31 Å². The van der Waals surface area contributed by atoms with Crippen molar-refractivity contribution in [3.8, 4) is 0 Å². The average molecular weight is 316 g/mol. The van der Waals surface area contributed by atoms with Gasteiger partial charge < -0.3 is 0 Å². The molecule has 2 rings (SSSR count). The molecule has 0 unspecified atom stereocenters. The average Bonchev–Trinajstić information content (AvgIpc) is 3.21. The molecule has 0 heterocycles. The number of rotatable bonds is 7. The highest BCUT2D eigenvalue weighted by Crippen LogP contribution is 2.32. The molecular weight excluding hydrogens is 299 g/mol. The van der Waals surface area contributed by atoms with Crippen LogP contribution in [0.4, 0.5) is 10.1 Å². The SMILES string of the molecule is CCCN(CC1CC1)S(=O)(=O)c1ccc([N+](=O)[O-])c(F)c1. The minimum absolute atomic E-state index is 0.236. The molecule has 0 amide bonds. The molecule has 0 aliphatic heterocycles. The van der Waals surface area contributed by atoms with Crippen molar-refractivity contribution in [1.82, 2.24) is 4.31 Å². The van der Waals surface area contributed by atoms with Crippen molar-refractivity contribution in [2.45, 2.75) is 31.1 Å². The van der Waals surface area contributed by atoms with Gasteiger partial charge in [-0.25, -0.2) is 8.42 Å². The van der Waals surface area contributed by atoms with Crippen LogP contribution in [-0.2, 0) is 10.0 Å². The third-order valence-corrected chi connectivity index (χ3v) is 5.25. The van der Waals surface area contributed by atoms with E-state index in [0.717, 1.165) is 31.0 Å². The fourth-order valence-corrected chi connectivity index (χ4v) is 3.71. The van der Waals surface area contributed by atoms with Gasteiger partial charge in [0.15, 0.2) is 0 Å². The molecule has 0 atom stereocenters. The van der Waals surface area contributed by atoms with Crippen LogP contribution >= 0.6 is 0 Å². The fourth-order valence-electron chi connectivity index (χ4n) is 2.09. The summed E-state index contributed by atoms with van der Waals surface area (Å²) >= 11 is 0. The Bertz CT molecular complexity index is 644. The summed E-state index contributed by atoms with van der Waals surface area (Å²) in [5, 5.41) is 10.6. The van der Waals surface area contributed by atoms with Gasteiger partial charge in [-0.1, -0.05) is 6.92 Å². The van der Waals surface area contributed by atoms with E-state index in [2.05, 4.69) is 0 Å². The molecule has 0 radical (unpaired) electrons. The van der Waals surface area contributed by atoms with E-state index in [4.69, 9.17) is 0 Å². The molecule has 6 nitrogen and oxygen atoms in total. The molecule has 21 heavy (non-hydrogen) atoms. The number of sulfonamides is 1. The molecular formula is C13H17FN2O4S. The molecule has 1 fully saturated rings. The maximum atomic E-state index is 13.6. The smallest absolute Gasteiger partial charge is 0.258 e. The van der Waals surface area contributed by atoms with Crippen LogP contribution in [0.1, 0.15) is 26.2 Å². The van der Waals surface area contributed by atoms with Crippen LogP contribution in [0.2, 0.25) is 0 Å². The van der Waals surface area contributed by atoms with Gasteiger partial charge in [-0.2, -0.15) is 8.70 Å². The van der Waals surface area contributed by atoms with Crippen molar-refractivity contribution in [1.29, 1.82) is 0 Å². The van der Waals surface area contributed by atoms with Crippen LogP contribution in [0.5, 0.6) is 0 Å². The summed E-state index contributed by atoms with van der Waals surface area (Å²) in [7, 11) is -3.81. The van der Waals surface area contributed by atoms with Crippen molar-refractivity contribution in [2.24, 2.45) is 5.92 Å². The maximum absolute atomic E-state index is 13.6. The molecule has 0 saturated heterocycles. The predicted octanol–water partition coefficient (Wildman–Crippen LogP) is 2.54. The summed E-state index contributed by atoms with van der Waals surface area (Å²) in [6.45, 7) is 2.65. The van der Waals surface area contributed by atoms with Gasteiger partial charge in [0.25, 0.3) is 0 Å². The second kappa shape index (κ2) is 6.07. The second-order valence-electron chi connectivity index (χ2n) is 5.18. The zero-order valence-electron chi connectivity index (χ0n) is 11.7. The molecule has 1 saturated carbocycles. The maximum Gasteiger partial charge on any atom is 0.304 e. The Morgan fingerprint density at radius 1 is 1.43 bits per heavy atom. The van der Waals surface area contributed by atoms with Crippen molar-refractivity contribution in [3.05, 3.63) is 34.1 Å². The van der Waals surface area contributed by atoms with Crippen LogP contribution in [0.25, 0.3) is 0 Å². The summed E-state index contributed by atoms with van der Waals surface area (Å²) in [4.78, 5) is 9.47. The fraction of sp³-hybridized carbons (Fsp3) is 0.538. The Kier molecular flexibility index (Phi) is 4.58. The lowest BCUT2D eigenvalue weighted by atomic mass is 10.3. The molecule has 0 aromatic heterocycles. The molecule has 1 aliphatic carbocycles. The largest absolute Gasteiger partial charge is 0.304 e. The number of nitrogens with zero attached hydrogens (tertiary/aromatic N) is 2. The summed E-state index contributed by atoms with van der Waals surface area (Å²) in [6.07, 6.45) is 2.66. The number of benzene rings is 1. The van der Waals surface area contributed by atoms with Gasteiger partial charge in [0.05, 0.1) is 9.82 Å². The van der Waals surface area contributed by atoms with Crippen LogP contribution in [0, 0.1) is 21.8 Å². The lowest BCUT2D eigenvalue weighted by molar-refractivity contribution is -0.387. The highest BCUT2D eigenvalue weighted by atomic mass is 32.2. The van der Waals surface area contributed by atoms with Gasteiger partial charge >= 0.3 is 5.69 Å². The standard InChI is InChI=1S/C13H17FN2O4S/c1-2-7-15(9-10-3-4-10)21(19,20)11-5-6-13(16(17)18)12(14)8-11/h5-6,8,10H,2-4,7,9H2,1H3. The third kappa shape index (κ3) is 3.56. The first-order valence-electron chi connectivity index (χ1n) is 6.80. The first kappa shape index (κ1) is 15.8. The van der Waals surface area contributed by atoms with Crippen LogP contribution in [0.3, 0.4) is 0 Å². The zero-order chi connectivity index (χ0) is 15.6. The second-order valence-corrected chi connectivity index (χ2v) is 7.11. The quantitative estimate of drug-likeness (QED) is 0.572. The minimum Gasteiger partial charge on any atom is -0.258 e. The Morgan fingerprint density at radius 3 is 2.57 bits per heavy atom. The first-order chi connectivity index (χ1) is 9.86. The summed E-state index contributed by atoms with van der Waals surface area (Å²) < 4.78 is 40.0. The molecule has 0 N–H and O–H groups in total. The van der Waals surface area contributed by atoms with Crippen molar-refractivity contribution < 1.29 is 17.7 Å². The van der Waals surface area contributed by atoms with Crippen LogP contribution in [0.15, 0.2) is 23.1 Å². The van der Waals surface area contributed by atoms with Gasteiger partial charge in [-0.15, -0.1) is 0 Å². The Morgan fingerprint density at radius 2 is 2.10 bits per heavy atom. The highest BCUT2D eigenvalue weighted by molar-refractivity contribution is 7.89. The Balaban J connectivity index is 2.32. The molecule has 116 valence electrons. The summed E-state index contributed by atoms with van der Waals surface area (Å²) in [5.74, 6) is -0.766. The Labute approximate surface area is 122 Å². The van der Waals surface area contributed by atoms with Gasteiger partial charge in [0, 0.05) is 25.2 Å². The normalized spacial score (nSPS) is 15.4. The number of hydrogen-bond acceptors (Lipinski definition) is 4. The number of nitro groups is 1. The number of hydrogen-bond donors (Lipinski definition) is 0. The molecule has 8 heteroatoms. The van der Waals surface area contributed by atoms with Gasteiger partial charge in [0.1, 0.15) is 0 Å². The van der Waals surface area contributed by atoms with Crippen LogP contribution < -0.4 is 0 Å². The van der Waals surface area contributed by atoms with E-state index in [9.17, 15) is 22.9 Å². The van der Waals surface area contributed by atoms with Gasteiger partial charge in [0.2, 0.25) is 15.8 Å². The van der Waals surface area contributed by atoms with E-state index in [0.29, 0.717) is 25.4 Å². The van der Waals surface area contributed by atoms with E-state index < -0.39 is 26.5 Å². The molecule has 0 spiro atoms. The van der Waals surface area contributed by atoms with E-state index in [-0.39, 0.29) is 4.90 Å². The summed E-state index contributed by atoms with van der Waals surface area (Å²) in [5.41, 5.74) is -0.724. The monoisotopic (exact) mass is 316 g/mol. The van der Waals surface area contributed by atoms with Crippen LogP contribution in [-0.4, -0.2) is 30.7 Å². The van der Waals surface area contributed by atoms with Gasteiger partial charge in [-0.05, 0) is 31.2 Å². The van der Waals surface area contributed by atoms with Crippen molar-refractivity contribution >= 4 is 15.7 Å². The first-order valence-corrected chi connectivity index (χ1v) is 8.24. The van der Waals surface area contributed by atoms with Crippen molar-refractivity contribution in [2.75, 3.05) is 13.1 Å². The molecule has 1 aromatic carbocycles. The third-order valence-electron chi connectivity index (χ3n) is 3.39. The van der Waals surface area contributed by atoms with Gasteiger partial charge in [-0.3, -0.25) is 10.1 Å². The Hall–Kier alpha value is -1.54. The molecule has 1 aromatic rings. The lowest BCUT2D eigenvalue weighted by Gasteiger charge is -2.21. The number of nitro benzene ring substituents is 1. The lowest BCUT2D eigenvalue weighted by Crippen LogP contribution is -2.33. The number of halogens is 1. The minimum atomic E-state index is -3.81. The summed E-state index contributed by atoms with van der Waals surface area (Å²) in [6, 6.07) is 2.71. The predicted molar refractivity (Wildman–Crippen MR) is 74.8 cm³/mol. The van der Waals surface area contributed by atoms with Crippen molar-refractivity contribution in [3.63, 3.8) is 0 Å². The zero-order valence-corrected chi connectivity index (χ0v) is 12.5. The van der Waals surface area contributed by atoms with E-state index in [1.807, 2.05) is 6.92 Å². The van der Waals surface area contributed by atoms with E-state index >= 15 is 0 Å². The topological polar surface area (TPSA) is 80.5 Å². The molecule has 1 aliphatic rings. The highest BCUT2D eigenvalue weighted by Gasteiger charge is 2.32.